The Morgan fingerprint density at radius 2 is 1.90 bits per heavy atom. The van der Waals surface area contributed by atoms with Gasteiger partial charge < -0.3 is 14.0 Å². The van der Waals surface area contributed by atoms with Gasteiger partial charge in [-0.3, -0.25) is 0 Å². The second kappa shape index (κ2) is 9.31. The van der Waals surface area contributed by atoms with E-state index in [2.05, 4.69) is 39.7 Å². The van der Waals surface area contributed by atoms with Crippen LogP contribution in [0, 0.1) is 5.92 Å². The van der Waals surface area contributed by atoms with Crippen molar-refractivity contribution in [1.82, 2.24) is 9.55 Å². The van der Waals surface area contributed by atoms with Gasteiger partial charge in [-0.1, -0.05) is 30.3 Å². The number of ether oxygens (including phenoxy) is 2. The molecule has 0 spiro atoms. The highest BCUT2D eigenvalue weighted by atomic mass is 79.9. The van der Waals surface area contributed by atoms with Crippen molar-refractivity contribution in [1.29, 1.82) is 0 Å². The molecule has 1 heterocycles. The van der Waals surface area contributed by atoms with E-state index in [4.69, 9.17) is 14.5 Å². The van der Waals surface area contributed by atoms with Crippen molar-refractivity contribution in [2.45, 2.75) is 38.2 Å². The van der Waals surface area contributed by atoms with Crippen LogP contribution in [0.1, 0.15) is 53.3 Å². The second-order valence-corrected chi connectivity index (χ2v) is 8.91. The van der Waals surface area contributed by atoms with Crippen LogP contribution in [0.2, 0.25) is 0 Å². The van der Waals surface area contributed by atoms with Crippen molar-refractivity contribution in [3.63, 3.8) is 0 Å². The van der Waals surface area contributed by atoms with Crippen LogP contribution in [0.5, 0.6) is 0 Å². The van der Waals surface area contributed by atoms with Crippen LogP contribution in [0.15, 0.2) is 46.9 Å². The molecule has 0 radical (unpaired) electrons. The predicted octanol–water partition coefficient (Wildman–Crippen LogP) is 5.61. The first-order valence-electron chi connectivity index (χ1n) is 10.4. The molecule has 1 aromatic heterocycles. The van der Waals surface area contributed by atoms with Gasteiger partial charge in [0.25, 0.3) is 0 Å². The normalized spacial score (nSPS) is 19.2. The third-order valence-electron chi connectivity index (χ3n) is 6.09. The number of carbonyl (C=O) groups is 1. The molecule has 158 valence electrons. The third-order valence-corrected chi connectivity index (χ3v) is 6.74. The molecule has 5 nitrogen and oxygen atoms in total. The van der Waals surface area contributed by atoms with Gasteiger partial charge in [0.1, 0.15) is 5.82 Å². The Morgan fingerprint density at radius 3 is 2.60 bits per heavy atom. The van der Waals surface area contributed by atoms with Crippen molar-refractivity contribution in [3.05, 3.63) is 63.9 Å². The molecule has 1 saturated carbocycles. The van der Waals surface area contributed by atoms with Gasteiger partial charge in [-0.25, -0.2) is 9.78 Å². The van der Waals surface area contributed by atoms with E-state index in [0.717, 1.165) is 53.6 Å². The van der Waals surface area contributed by atoms with Gasteiger partial charge in [0.15, 0.2) is 0 Å². The number of nitrogens with zero attached hydrogens (tertiary/aromatic N) is 2. The summed E-state index contributed by atoms with van der Waals surface area (Å²) in [6.45, 7) is 1.50. The minimum atomic E-state index is -0.355. The summed E-state index contributed by atoms with van der Waals surface area (Å²) in [7, 11) is 3.45. The van der Waals surface area contributed by atoms with E-state index < -0.39 is 0 Å². The number of hydrogen-bond donors (Lipinski definition) is 0. The number of rotatable bonds is 6. The number of aryl methyl sites for hydroxylation is 1. The molecular formula is C24H27BrN2O3. The molecule has 0 bridgehead atoms. The van der Waals surface area contributed by atoms with E-state index in [1.807, 2.05) is 30.3 Å². The number of aromatic nitrogens is 2. The lowest BCUT2D eigenvalue weighted by Gasteiger charge is -2.28. The van der Waals surface area contributed by atoms with Crippen LogP contribution in [0.3, 0.4) is 0 Å². The van der Waals surface area contributed by atoms with Crippen LogP contribution < -0.4 is 0 Å². The van der Waals surface area contributed by atoms with Crippen LogP contribution >= 0.6 is 15.9 Å². The number of methoxy groups -OCH3 is 1. The molecule has 30 heavy (non-hydrogen) atoms. The quantitative estimate of drug-likeness (QED) is 0.439. The molecule has 0 unspecified atom stereocenters. The van der Waals surface area contributed by atoms with Crippen molar-refractivity contribution in [2.75, 3.05) is 13.7 Å². The zero-order chi connectivity index (χ0) is 21.1. The summed E-state index contributed by atoms with van der Waals surface area (Å²) in [4.78, 5) is 16.9. The molecule has 2 aromatic carbocycles. The molecule has 0 N–H and O–H groups in total. The summed E-state index contributed by atoms with van der Waals surface area (Å²) < 4.78 is 13.7. The second-order valence-electron chi connectivity index (χ2n) is 8.06. The number of hydrogen-bond acceptors (Lipinski definition) is 4. The zero-order valence-corrected chi connectivity index (χ0v) is 19.0. The minimum absolute atomic E-state index is 0.355. The number of imidazole rings is 1. The summed E-state index contributed by atoms with van der Waals surface area (Å²) in [6.07, 6.45) is 4.53. The lowest BCUT2D eigenvalue weighted by atomic mass is 9.82. The Labute approximate surface area is 185 Å². The van der Waals surface area contributed by atoms with Crippen molar-refractivity contribution in [3.8, 4) is 0 Å². The predicted molar refractivity (Wildman–Crippen MR) is 121 cm³/mol. The summed E-state index contributed by atoms with van der Waals surface area (Å²) in [5, 5.41) is 0. The first-order valence-corrected chi connectivity index (χ1v) is 11.2. The zero-order valence-electron chi connectivity index (χ0n) is 17.4. The molecule has 4 rings (SSSR count). The number of carbonyl (C=O) groups excluding carboxylic acids is 1. The molecule has 0 aliphatic heterocycles. The van der Waals surface area contributed by atoms with Gasteiger partial charge >= 0.3 is 5.97 Å². The highest BCUT2D eigenvalue weighted by Crippen LogP contribution is 2.37. The fourth-order valence-electron chi connectivity index (χ4n) is 4.37. The first-order chi connectivity index (χ1) is 14.6. The highest BCUT2D eigenvalue weighted by Gasteiger charge is 2.26. The number of fused-ring (bicyclic) bond motifs is 1. The Morgan fingerprint density at radius 1 is 1.17 bits per heavy atom. The Hall–Kier alpha value is -2.18. The van der Waals surface area contributed by atoms with Crippen LogP contribution in [0.4, 0.5) is 0 Å². The average Bonchev–Trinajstić information content (AvgIpc) is 3.09. The molecular weight excluding hydrogens is 444 g/mol. The van der Waals surface area contributed by atoms with E-state index in [9.17, 15) is 4.79 Å². The Bertz CT molecular complexity index is 1020. The van der Waals surface area contributed by atoms with Gasteiger partial charge in [-0.05, 0) is 65.2 Å². The Balaban J connectivity index is 1.39. The first kappa shape index (κ1) is 21.1. The molecule has 0 atom stereocenters. The molecule has 0 amide bonds. The standard InChI is InChI=1S/C24H27BrN2O3/c1-27-22-13-20(25)19(24(28)29-2)12-21(22)26-23(27)18-10-8-17(9-11-18)15-30-14-16-6-4-3-5-7-16/h3-7,12-13,17-18H,8-11,14-15H2,1-2H3/t17-,18-. The highest BCUT2D eigenvalue weighted by molar-refractivity contribution is 9.10. The molecule has 1 aliphatic carbocycles. The summed E-state index contributed by atoms with van der Waals surface area (Å²) in [5.74, 6) is 1.79. The summed E-state index contributed by atoms with van der Waals surface area (Å²) in [5.41, 5.74) is 3.60. The fraction of sp³-hybridized carbons (Fsp3) is 0.417. The smallest absolute Gasteiger partial charge is 0.339 e. The molecule has 0 saturated heterocycles. The van der Waals surface area contributed by atoms with Crippen molar-refractivity contribution < 1.29 is 14.3 Å². The van der Waals surface area contributed by atoms with Gasteiger partial charge in [0.05, 0.1) is 30.3 Å². The monoisotopic (exact) mass is 470 g/mol. The largest absolute Gasteiger partial charge is 0.465 e. The van der Waals surface area contributed by atoms with E-state index in [1.165, 1.54) is 12.7 Å². The molecule has 6 heteroatoms. The average molecular weight is 471 g/mol. The van der Waals surface area contributed by atoms with E-state index in [-0.39, 0.29) is 5.97 Å². The molecule has 3 aromatic rings. The molecule has 1 aliphatic rings. The van der Waals surface area contributed by atoms with Crippen LogP contribution in [-0.2, 0) is 23.1 Å². The maximum absolute atomic E-state index is 12.0. The van der Waals surface area contributed by atoms with Gasteiger partial charge in [0.2, 0.25) is 0 Å². The van der Waals surface area contributed by atoms with Crippen molar-refractivity contribution in [2.24, 2.45) is 13.0 Å². The third kappa shape index (κ3) is 4.44. The summed E-state index contributed by atoms with van der Waals surface area (Å²) in [6, 6.07) is 14.1. The van der Waals surface area contributed by atoms with Gasteiger partial charge in [-0.2, -0.15) is 0 Å². The van der Waals surface area contributed by atoms with Gasteiger partial charge in [0, 0.05) is 24.0 Å². The van der Waals surface area contributed by atoms with Gasteiger partial charge in [-0.15, -0.1) is 0 Å². The Kier molecular flexibility index (Phi) is 6.54. The van der Waals surface area contributed by atoms with E-state index in [1.54, 1.807) is 0 Å². The lowest BCUT2D eigenvalue weighted by molar-refractivity contribution is 0.0600. The maximum atomic E-state index is 12.0. The number of benzene rings is 2. The van der Waals surface area contributed by atoms with Crippen LogP contribution in [-0.4, -0.2) is 29.2 Å². The minimum Gasteiger partial charge on any atom is -0.465 e. The topological polar surface area (TPSA) is 53.4 Å². The fourth-order valence-corrected chi connectivity index (χ4v) is 4.86. The van der Waals surface area contributed by atoms with E-state index >= 15 is 0 Å². The van der Waals surface area contributed by atoms with Crippen LogP contribution in [0.25, 0.3) is 11.0 Å². The SMILES string of the molecule is COC(=O)c1cc2nc([C@H]3CC[C@H](COCc4ccccc4)CC3)n(C)c2cc1Br. The maximum Gasteiger partial charge on any atom is 0.339 e. The lowest BCUT2D eigenvalue weighted by Crippen LogP contribution is -2.19. The number of esters is 1. The molecule has 1 fully saturated rings. The van der Waals surface area contributed by atoms with Crippen molar-refractivity contribution >= 4 is 32.9 Å². The summed E-state index contributed by atoms with van der Waals surface area (Å²) >= 11 is 3.49. The van der Waals surface area contributed by atoms with E-state index in [0.29, 0.717) is 24.0 Å². The number of halogens is 1.